The summed E-state index contributed by atoms with van der Waals surface area (Å²) < 4.78 is 2.02. The maximum atomic E-state index is 5.77. The van der Waals surface area contributed by atoms with Gasteiger partial charge in [0.25, 0.3) is 0 Å². The van der Waals surface area contributed by atoms with Gasteiger partial charge in [-0.15, -0.1) is 0 Å². The van der Waals surface area contributed by atoms with Crippen LogP contribution in [0.4, 0.5) is 0 Å². The Balaban J connectivity index is 2.61. The second-order valence-electron chi connectivity index (χ2n) is 4.85. The monoisotopic (exact) mass is 224 g/mol. The lowest BCUT2D eigenvalue weighted by Gasteiger charge is -2.14. The van der Waals surface area contributed by atoms with E-state index in [1.165, 1.54) is 12.8 Å². The predicted molar refractivity (Wildman–Crippen MR) is 66.0 cm³/mol. The maximum Gasteiger partial charge on any atom is 0.138 e. The zero-order valence-electron chi connectivity index (χ0n) is 10.7. The molecule has 0 spiro atoms. The highest BCUT2D eigenvalue weighted by Gasteiger charge is 2.12. The summed E-state index contributed by atoms with van der Waals surface area (Å²) in [5.41, 5.74) is 5.77. The fourth-order valence-electron chi connectivity index (χ4n) is 1.91. The van der Waals surface area contributed by atoms with Crippen LogP contribution in [0.15, 0.2) is 6.33 Å². The van der Waals surface area contributed by atoms with Gasteiger partial charge in [0.2, 0.25) is 0 Å². The number of aromatic nitrogens is 3. The molecule has 0 aliphatic heterocycles. The quantitative estimate of drug-likeness (QED) is 0.769. The molecule has 1 rings (SSSR count). The predicted octanol–water partition coefficient (Wildman–Crippen LogP) is 1.85. The Bertz CT molecular complexity index is 293. The minimum absolute atomic E-state index is 0.542. The van der Waals surface area contributed by atoms with Crippen LogP contribution in [-0.4, -0.2) is 21.3 Å². The van der Waals surface area contributed by atoms with E-state index in [0.29, 0.717) is 11.8 Å². The van der Waals surface area contributed by atoms with Crippen molar-refractivity contribution >= 4 is 0 Å². The molecule has 0 radical (unpaired) electrons. The first kappa shape index (κ1) is 13.2. The second kappa shape index (κ2) is 6.63. The van der Waals surface area contributed by atoms with Crippen LogP contribution in [0.25, 0.3) is 0 Å². The van der Waals surface area contributed by atoms with Crippen molar-refractivity contribution in [3.05, 3.63) is 12.2 Å². The molecule has 2 N–H and O–H groups in total. The maximum absolute atomic E-state index is 5.77. The normalized spacial score (nSPS) is 13.3. The van der Waals surface area contributed by atoms with Crippen molar-refractivity contribution in [2.75, 3.05) is 6.54 Å². The molecule has 0 saturated heterocycles. The molecule has 0 bridgehead atoms. The van der Waals surface area contributed by atoms with Crippen molar-refractivity contribution in [3.63, 3.8) is 0 Å². The smallest absolute Gasteiger partial charge is 0.138 e. The molecule has 4 heteroatoms. The Morgan fingerprint density at radius 3 is 2.75 bits per heavy atom. The van der Waals surface area contributed by atoms with Crippen LogP contribution in [0.5, 0.6) is 0 Å². The zero-order valence-corrected chi connectivity index (χ0v) is 10.7. The van der Waals surface area contributed by atoms with E-state index in [9.17, 15) is 0 Å². The standard InChI is InChI=1S/C12H24N4/c1-4-5-11(7-13)6-12-14-9-15-16(12)8-10(2)3/h9-11H,4-8,13H2,1-3H3. The average molecular weight is 224 g/mol. The molecule has 4 nitrogen and oxygen atoms in total. The Morgan fingerprint density at radius 2 is 2.19 bits per heavy atom. The van der Waals surface area contributed by atoms with Gasteiger partial charge in [-0.05, 0) is 24.8 Å². The van der Waals surface area contributed by atoms with E-state index in [2.05, 4.69) is 30.9 Å². The summed E-state index contributed by atoms with van der Waals surface area (Å²) in [6.45, 7) is 8.26. The first-order valence-electron chi connectivity index (χ1n) is 6.24. The summed E-state index contributed by atoms with van der Waals surface area (Å²) in [6, 6.07) is 0. The van der Waals surface area contributed by atoms with E-state index >= 15 is 0 Å². The third kappa shape index (κ3) is 3.93. The Kier molecular flexibility index (Phi) is 5.46. The second-order valence-corrected chi connectivity index (χ2v) is 4.85. The van der Waals surface area contributed by atoms with Crippen LogP contribution >= 0.6 is 0 Å². The highest BCUT2D eigenvalue weighted by Crippen LogP contribution is 2.12. The van der Waals surface area contributed by atoms with Crippen molar-refractivity contribution in [2.24, 2.45) is 17.6 Å². The highest BCUT2D eigenvalue weighted by molar-refractivity contribution is 4.88. The summed E-state index contributed by atoms with van der Waals surface area (Å²) in [4.78, 5) is 4.34. The van der Waals surface area contributed by atoms with Crippen LogP contribution in [0, 0.1) is 11.8 Å². The van der Waals surface area contributed by atoms with Crippen molar-refractivity contribution < 1.29 is 0 Å². The van der Waals surface area contributed by atoms with Gasteiger partial charge in [0.1, 0.15) is 12.2 Å². The van der Waals surface area contributed by atoms with E-state index in [4.69, 9.17) is 5.73 Å². The average Bonchev–Trinajstić information content (AvgIpc) is 2.64. The molecule has 1 atom stereocenters. The van der Waals surface area contributed by atoms with Crippen LogP contribution in [0.1, 0.15) is 39.4 Å². The molecule has 0 aliphatic carbocycles. The number of nitrogens with two attached hydrogens (primary N) is 1. The van der Waals surface area contributed by atoms with Gasteiger partial charge in [0.15, 0.2) is 0 Å². The summed E-state index contributed by atoms with van der Waals surface area (Å²) in [7, 11) is 0. The molecule has 1 heterocycles. The van der Waals surface area contributed by atoms with Gasteiger partial charge in [-0.2, -0.15) is 5.10 Å². The summed E-state index contributed by atoms with van der Waals surface area (Å²) >= 11 is 0. The number of hydrogen-bond donors (Lipinski definition) is 1. The minimum atomic E-state index is 0.542. The van der Waals surface area contributed by atoms with Crippen molar-refractivity contribution in [1.29, 1.82) is 0 Å². The molecule has 16 heavy (non-hydrogen) atoms. The third-order valence-corrected chi connectivity index (χ3v) is 2.74. The lowest BCUT2D eigenvalue weighted by molar-refractivity contribution is 0.426. The first-order valence-corrected chi connectivity index (χ1v) is 6.24. The summed E-state index contributed by atoms with van der Waals surface area (Å²) in [5.74, 6) is 2.22. The Labute approximate surface area is 98.2 Å². The molecule has 0 aromatic carbocycles. The molecule has 0 saturated carbocycles. The van der Waals surface area contributed by atoms with E-state index < -0.39 is 0 Å². The third-order valence-electron chi connectivity index (χ3n) is 2.74. The summed E-state index contributed by atoms with van der Waals surface area (Å²) in [5, 5.41) is 4.27. The number of nitrogens with zero attached hydrogens (tertiary/aromatic N) is 3. The molecule has 0 aliphatic rings. The summed E-state index contributed by atoms with van der Waals surface area (Å²) in [6.07, 6.45) is 4.96. The van der Waals surface area contributed by atoms with E-state index in [1.807, 2.05) is 4.68 Å². The molecule has 1 aromatic rings. The molecule has 0 amide bonds. The van der Waals surface area contributed by atoms with Crippen molar-refractivity contribution in [1.82, 2.24) is 14.8 Å². The van der Waals surface area contributed by atoms with Gasteiger partial charge < -0.3 is 5.73 Å². The number of rotatable bonds is 7. The fourth-order valence-corrected chi connectivity index (χ4v) is 1.91. The first-order chi connectivity index (χ1) is 7.67. The fraction of sp³-hybridized carbons (Fsp3) is 0.833. The lowest BCUT2D eigenvalue weighted by atomic mass is 9.99. The van der Waals surface area contributed by atoms with Crippen LogP contribution in [-0.2, 0) is 13.0 Å². The van der Waals surface area contributed by atoms with Gasteiger partial charge >= 0.3 is 0 Å². The number of hydrogen-bond acceptors (Lipinski definition) is 3. The SMILES string of the molecule is CCCC(CN)Cc1ncnn1CC(C)C. The molecular formula is C12H24N4. The molecule has 92 valence electrons. The van der Waals surface area contributed by atoms with Gasteiger partial charge in [0, 0.05) is 13.0 Å². The molecular weight excluding hydrogens is 200 g/mol. The Hall–Kier alpha value is -0.900. The molecule has 1 unspecified atom stereocenters. The van der Waals surface area contributed by atoms with E-state index in [1.54, 1.807) is 6.33 Å². The van der Waals surface area contributed by atoms with E-state index in [0.717, 1.165) is 25.3 Å². The lowest BCUT2D eigenvalue weighted by Crippen LogP contribution is -2.20. The van der Waals surface area contributed by atoms with Crippen LogP contribution in [0.3, 0.4) is 0 Å². The van der Waals surface area contributed by atoms with Gasteiger partial charge in [-0.3, -0.25) is 0 Å². The highest BCUT2D eigenvalue weighted by atomic mass is 15.3. The van der Waals surface area contributed by atoms with Crippen LogP contribution < -0.4 is 5.73 Å². The van der Waals surface area contributed by atoms with Gasteiger partial charge in [-0.1, -0.05) is 27.2 Å². The minimum Gasteiger partial charge on any atom is -0.330 e. The van der Waals surface area contributed by atoms with Gasteiger partial charge in [0.05, 0.1) is 0 Å². The Morgan fingerprint density at radius 1 is 1.44 bits per heavy atom. The zero-order chi connectivity index (χ0) is 12.0. The van der Waals surface area contributed by atoms with Crippen molar-refractivity contribution in [2.45, 2.75) is 46.6 Å². The molecule has 0 fully saturated rings. The largest absolute Gasteiger partial charge is 0.330 e. The molecule has 1 aromatic heterocycles. The van der Waals surface area contributed by atoms with Gasteiger partial charge in [-0.25, -0.2) is 9.67 Å². The van der Waals surface area contributed by atoms with Crippen molar-refractivity contribution in [3.8, 4) is 0 Å². The topological polar surface area (TPSA) is 56.7 Å². The van der Waals surface area contributed by atoms with Crippen LogP contribution in [0.2, 0.25) is 0 Å². The van der Waals surface area contributed by atoms with E-state index in [-0.39, 0.29) is 0 Å².